The largest absolute Gasteiger partial charge is 0.385 e. The third-order valence-electron chi connectivity index (χ3n) is 11.3. The van der Waals surface area contributed by atoms with Crippen LogP contribution in [0.2, 0.25) is 0 Å². The fourth-order valence-electron chi connectivity index (χ4n) is 9.20. The van der Waals surface area contributed by atoms with Crippen molar-refractivity contribution in [3.8, 4) is 0 Å². The minimum absolute atomic E-state index is 0.0512. The number of hydrogen-bond acceptors (Lipinski definition) is 7. The van der Waals surface area contributed by atoms with E-state index in [9.17, 15) is 5.11 Å². The zero-order chi connectivity index (χ0) is 28.1. The number of fused-ring (bicyclic) bond motifs is 4. The number of aliphatic hydroxyl groups is 1. The van der Waals surface area contributed by atoms with Crippen molar-refractivity contribution in [1.29, 1.82) is 0 Å². The predicted octanol–water partition coefficient (Wildman–Crippen LogP) is 5.52. The van der Waals surface area contributed by atoms with E-state index in [2.05, 4.69) is 31.2 Å². The monoisotopic (exact) mass is 544 g/mol. The average molecular weight is 545 g/mol. The summed E-state index contributed by atoms with van der Waals surface area (Å²) in [6.07, 6.45) is 6.36. The number of methoxy groups -OCH3 is 6. The van der Waals surface area contributed by atoms with Gasteiger partial charge in [-0.3, -0.25) is 0 Å². The van der Waals surface area contributed by atoms with Gasteiger partial charge in [-0.15, -0.1) is 0 Å². The van der Waals surface area contributed by atoms with E-state index in [1.54, 1.807) is 35.5 Å². The first kappa shape index (κ1) is 29.2. The van der Waals surface area contributed by atoms with Crippen LogP contribution >= 0.6 is 0 Å². The predicted molar refractivity (Wildman–Crippen MR) is 148 cm³/mol. The highest BCUT2D eigenvalue weighted by Gasteiger charge is 2.65. The Morgan fingerprint density at radius 3 is 2.18 bits per heavy atom. The zero-order valence-corrected chi connectivity index (χ0v) is 24.9. The summed E-state index contributed by atoms with van der Waals surface area (Å²) in [4.78, 5) is 0. The SMILES string of the molecule is COC[C@]1(OC)CC[C@H]2[C@@H]3CC[C@@]4(O)CC(OC)(OC)CCC4=C3[C@@H](c3ccc(C(OC)OC)cc3)C[C@@]21C. The van der Waals surface area contributed by atoms with Gasteiger partial charge in [0.05, 0.1) is 17.8 Å². The molecule has 0 radical (unpaired) electrons. The van der Waals surface area contributed by atoms with Crippen molar-refractivity contribution in [3.63, 3.8) is 0 Å². The lowest BCUT2D eigenvalue weighted by Gasteiger charge is -2.58. The molecule has 3 fully saturated rings. The fourth-order valence-corrected chi connectivity index (χ4v) is 9.20. The number of rotatable bonds is 9. The van der Waals surface area contributed by atoms with E-state index < -0.39 is 17.7 Å². The molecule has 3 saturated carbocycles. The van der Waals surface area contributed by atoms with Gasteiger partial charge < -0.3 is 33.5 Å². The van der Waals surface area contributed by atoms with Gasteiger partial charge in [-0.2, -0.15) is 0 Å². The Labute approximate surface area is 234 Å². The lowest BCUT2D eigenvalue weighted by molar-refractivity contribution is -0.246. The lowest BCUT2D eigenvalue weighted by atomic mass is 9.49. The minimum atomic E-state index is -0.914. The molecule has 7 nitrogen and oxygen atoms in total. The van der Waals surface area contributed by atoms with Gasteiger partial charge in [0, 0.05) is 72.4 Å². The first-order valence-electron chi connectivity index (χ1n) is 14.4. The van der Waals surface area contributed by atoms with Crippen molar-refractivity contribution >= 4 is 0 Å². The molecule has 0 saturated heterocycles. The van der Waals surface area contributed by atoms with Crippen LogP contribution in [0, 0.1) is 17.3 Å². The van der Waals surface area contributed by atoms with Gasteiger partial charge in [0.15, 0.2) is 12.1 Å². The number of ether oxygens (including phenoxy) is 6. The van der Waals surface area contributed by atoms with Gasteiger partial charge in [0.25, 0.3) is 0 Å². The molecule has 0 spiro atoms. The maximum absolute atomic E-state index is 12.2. The van der Waals surface area contributed by atoms with E-state index in [1.807, 2.05) is 7.11 Å². The summed E-state index contributed by atoms with van der Waals surface area (Å²) < 4.78 is 34.9. The summed E-state index contributed by atoms with van der Waals surface area (Å²) in [6.45, 7) is 3.03. The second-order valence-corrected chi connectivity index (χ2v) is 12.5. The first-order chi connectivity index (χ1) is 18.7. The van der Waals surface area contributed by atoms with Gasteiger partial charge in [-0.1, -0.05) is 36.8 Å². The van der Waals surface area contributed by atoms with Crippen LogP contribution in [-0.4, -0.2) is 71.4 Å². The average Bonchev–Trinajstić information content (AvgIpc) is 3.25. The standard InChI is InChI=1S/C32H48O7/c1-29-18-24(21-8-10-22(11-9-21)28(35-3)36-4)27-23(25(29)13-16-31(29,37-5)20-34-2)12-15-30(33)19-32(38-6,39-7)17-14-26(27)30/h8-11,23-25,28,33H,12-20H2,1-7H3/t23-,24+,25-,29-,30+,31+/m0/s1. The van der Waals surface area contributed by atoms with Crippen LogP contribution in [0.15, 0.2) is 35.4 Å². The molecule has 6 atom stereocenters. The fraction of sp³-hybridized carbons (Fsp3) is 0.750. The minimum Gasteiger partial charge on any atom is -0.385 e. The Hall–Kier alpha value is -1.32. The normalized spacial score (nSPS) is 37.5. The van der Waals surface area contributed by atoms with Crippen LogP contribution in [0.25, 0.3) is 0 Å². The molecule has 1 aromatic rings. The smallest absolute Gasteiger partial charge is 0.183 e. The van der Waals surface area contributed by atoms with Crippen LogP contribution in [0.4, 0.5) is 0 Å². The van der Waals surface area contributed by atoms with Crippen molar-refractivity contribution in [2.75, 3.05) is 49.3 Å². The number of allylic oxidation sites excluding steroid dienone is 1. The third kappa shape index (κ3) is 4.44. The molecule has 0 bridgehead atoms. The summed E-state index contributed by atoms with van der Waals surface area (Å²) in [5, 5.41) is 12.2. The van der Waals surface area contributed by atoms with Gasteiger partial charge in [-0.05, 0) is 61.5 Å². The number of hydrogen-bond donors (Lipinski definition) is 1. The second-order valence-electron chi connectivity index (χ2n) is 12.5. The Bertz CT molecular complexity index is 1050. The molecule has 5 rings (SSSR count). The van der Waals surface area contributed by atoms with Crippen LogP contribution in [0.5, 0.6) is 0 Å². The summed E-state index contributed by atoms with van der Waals surface area (Å²) in [5.74, 6) is 0.329. The van der Waals surface area contributed by atoms with E-state index in [4.69, 9.17) is 28.4 Å². The molecular formula is C32H48O7. The first-order valence-corrected chi connectivity index (χ1v) is 14.4. The molecule has 0 amide bonds. The highest BCUT2D eigenvalue weighted by Crippen LogP contribution is 2.68. The Morgan fingerprint density at radius 1 is 0.897 bits per heavy atom. The van der Waals surface area contributed by atoms with E-state index >= 15 is 0 Å². The molecule has 0 heterocycles. The van der Waals surface area contributed by atoms with Crippen molar-refractivity contribution in [2.24, 2.45) is 17.3 Å². The van der Waals surface area contributed by atoms with Crippen LogP contribution < -0.4 is 0 Å². The molecule has 7 heteroatoms. The second kappa shape index (κ2) is 10.8. The van der Waals surface area contributed by atoms with Gasteiger partial charge >= 0.3 is 0 Å². The summed E-state index contributed by atoms with van der Waals surface area (Å²) in [7, 11) is 10.3. The van der Waals surface area contributed by atoms with Crippen LogP contribution in [0.3, 0.4) is 0 Å². The van der Waals surface area contributed by atoms with Crippen molar-refractivity contribution in [3.05, 3.63) is 46.5 Å². The molecule has 218 valence electrons. The van der Waals surface area contributed by atoms with Gasteiger partial charge in [0.1, 0.15) is 0 Å². The molecule has 4 aliphatic carbocycles. The topological polar surface area (TPSA) is 75.6 Å². The van der Waals surface area contributed by atoms with E-state index in [1.165, 1.54) is 16.7 Å². The molecule has 0 unspecified atom stereocenters. The van der Waals surface area contributed by atoms with Crippen molar-refractivity contribution in [2.45, 2.75) is 87.5 Å². The summed E-state index contributed by atoms with van der Waals surface area (Å²) >= 11 is 0. The molecule has 1 N–H and O–H groups in total. The van der Waals surface area contributed by atoms with Crippen LogP contribution in [-0.2, 0) is 28.4 Å². The highest BCUT2D eigenvalue weighted by molar-refractivity contribution is 5.44. The van der Waals surface area contributed by atoms with E-state index in [0.717, 1.165) is 50.5 Å². The third-order valence-corrected chi connectivity index (χ3v) is 11.3. The van der Waals surface area contributed by atoms with E-state index in [0.29, 0.717) is 24.9 Å². The van der Waals surface area contributed by atoms with Gasteiger partial charge in [-0.25, -0.2) is 0 Å². The molecule has 0 aromatic heterocycles. The Balaban J connectivity index is 1.63. The molecule has 1 aromatic carbocycles. The van der Waals surface area contributed by atoms with Gasteiger partial charge in [0.2, 0.25) is 0 Å². The Kier molecular flexibility index (Phi) is 8.10. The maximum atomic E-state index is 12.2. The van der Waals surface area contributed by atoms with Crippen molar-refractivity contribution in [1.82, 2.24) is 0 Å². The molecule has 39 heavy (non-hydrogen) atoms. The quantitative estimate of drug-likeness (QED) is 0.324. The number of benzene rings is 1. The maximum Gasteiger partial charge on any atom is 0.183 e. The highest BCUT2D eigenvalue weighted by atomic mass is 16.7. The zero-order valence-electron chi connectivity index (χ0n) is 24.9. The molecular weight excluding hydrogens is 496 g/mol. The lowest BCUT2D eigenvalue weighted by Crippen LogP contribution is -2.57. The van der Waals surface area contributed by atoms with Crippen molar-refractivity contribution < 1.29 is 33.5 Å². The molecule has 0 aliphatic heterocycles. The van der Waals surface area contributed by atoms with Crippen LogP contribution in [0.1, 0.15) is 81.6 Å². The Morgan fingerprint density at radius 2 is 1.59 bits per heavy atom. The van der Waals surface area contributed by atoms with E-state index in [-0.39, 0.29) is 16.9 Å². The summed E-state index contributed by atoms with van der Waals surface area (Å²) in [5.41, 5.74) is 3.66. The summed E-state index contributed by atoms with van der Waals surface area (Å²) in [6, 6.07) is 8.69. The molecule has 4 aliphatic rings.